The molecule has 1 aromatic carbocycles. The second kappa shape index (κ2) is 5.42. The van der Waals surface area contributed by atoms with Gasteiger partial charge in [0.1, 0.15) is 5.82 Å². The van der Waals surface area contributed by atoms with Gasteiger partial charge in [-0.25, -0.2) is 17.8 Å². The topological polar surface area (TPSA) is 84.3 Å². The van der Waals surface area contributed by atoms with Crippen molar-refractivity contribution in [1.29, 1.82) is 0 Å². The fourth-order valence-corrected chi connectivity index (χ4v) is 4.31. The molecule has 7 nitrogen and oxygen atoms in total. The molecule has 0 spiro atoms. The SMILES string of the molecule is CC(=O)N1CCn2ncc(-c3cccc(S(=O)(=O)NC4CC4)c3)c21. The van der Waals surface area contributed by atoms with E-state index in [1.54, 1.807) is 34.0 Å². The van der Waals surface area contributed by atoms with Gasteiger partial charge < -0.3 is 0 Å². The smallest absolute Gasteiger partial charge is 0.240 e. The highest BCUT2D eigenvalue weighted by molar-refractivity contribution is 7.89. The quantitative estimate of drug-likeness (QED) is 0.906. The summed E-state index contributed by atoms with van der Waals surface area (Å²) in [6, 6.07) is 6.84. The van der Waals surface area contributed by atoms with Crippen LogP contribution >= 0.6 is 0 Å². The van der Waals surface area contributed by atoms with Crippen molar-refractivity contribution in [3.63, 3.8) is 0 Å². The van der Waals surface area contributed by atoms with Gasteiger partial charge in [-0.2, -0.15) is 5.10 Å². The van der Waals surface area contributed by atoms with E-state index in [1.807, 2.05) is 6.07 Å². The molecular formula is C16H18N4O3S. The van der Waals surface area contributed by atoms with Crippen molar-refractivity contribution in [3.05, 3.63) is 30.5 Å². The number of hydrogen-bond acceptors (Lipinski definition) is 4. The van der Waals surface area contributed by atoms with E-state index < -0.39 is 10.0 Å². The monoisotopic (exact) mass is 346 g/mol. The molecule has 0 radical (unpaired) electrons. The van der Waals surface area contributed by atoms with Crippen LogP contribution in [0, 0.1) is 0 Å². The minimum absolute atomic E-state index is 0.0466. The van der Waals surface area contributed by atoms with Crippen LogP contribution in [0.2, 0.25) is 0 Å². The van der Waals surface area contributed by atoms with Crippen LogP contribution in [0.3, 0.4) is 0 Å². The molecule has 1 aliphatic heterocycles. The number of fused-ring (bicyclic) bond motifs is 1. The van der Waals surface area contributed by atoms with E-state index in [0.717, 1.165) is 29.8 Å². The molecule has 2 heterocycles. The van der Waals surface area contributed by atoms with Gasteiger partial charge in [-0.05, 0) is 30.5 Å². The predicted octanol–water partition coefficient (Wildman–Crippen LogP) is 1.36. The van der Waals surface area contributed by atoms with Crippen molar-refractivity contribution in [2.75, 3.05) is 11.4 Å². The number of hydrogen-bond donors (Lipinski definition) is 1. The Hall–Kier alpha value is -2.19. The number of carbonyl (C=O) groups is 1. The Labute approximate surface area is 140 Å². The molecule has 0 bridgehead atoms. The first-order chi connectivity index (χ1) is 11.5. The number of rotatable bonds is 4. The van der Waals surface area contributed by atoms with Crippen LogP contribution in [0.25, 0.3) is 11.1 Å². The lowest BCUT2D eigenvalue weighted by Gasteiger charge is -2.14. The number of amides is 1. The Morgan fingerprint density at radius 2 is 2.08 bits per heavy atom. The minimum atomic E-state index is -3.51. The Balaban J connectivity index is 1.74. The standard InChI is InChI=1S/C16H18N4O3S/c1-11(21)19-7-8-20-16(19)15(10-17-20)12-3-2-4-14(9-12)24(22,23)18-13-5-6-13/h2-4,9-10,13,18H,5-8H2,1H3. The molecule has 2 aliphatic rings. The fourth-order valence-electron chi connectivity index (χ4n) is 2.96. The van der Waals surface area contributed by atoms with Gasteiger partial charge in [-0.1, -0.05) is 12.1 Å². The van der Waals surface area contributed by atoms with Crippen LogP contribution in [0.4, 0.5) is 5.82 Å². The molecule has 0 atom stereocenters. The van der Waals surface area contributed by atoms with Gasteiger partial charge in [0.15, 0.2) is 0 Å². The number of anilines is 1. The molecule has 24 heavy (non-hydrogen) atoms. The zero-order chi connectivity index (χ0) is 16.9. The van der Waals surface area contributed by atoms with Crippen molar-refractivity contribution in [2.24, 2.45) is 0 Å². The van der Waals surface area contributed by atoms with Gasteiger partial charge in [0.2, 0.25) is 15.9 Å². The van der Waals surface area contributed by atoms with Crippen LogP contribution in [-0.2, 0) is 21.4 Å². The van der Waals surface area contributed by atoms with Crippen molar-refractivity contribution < 1.29 is 13.2 Å². The summed E-state index contributed by atoms with van der Waals surface area (Å²) in [5.74, 6) is 0.682. The lowest BCUT2D eigenvalue weighted by atomic mass is 10.1. The highest BCUT2D eigenvalue weighted by Crippen LogP contribution is 2.35. The number of carbonyl (C=O) groups excluding carboxylic acids is 1. The molecule has 8 heteroatoms. The van der Waals surface area contributed by atoms with E-state index in [1.165, 1.54) is 6.92 Å². The summed E-state index contributed by atoms with van der Waals surface area (Å²) >= 11 is 0. The molecular weight excluding hydrogens is 328 g/mol. The van der Waals surface area contributed by atoms with Gasteiger partial charge in [-0.15, -0.1) is 0 Å². The summed E-state index contributed by atoms with van der Waals surface area (Å²) in [6.45, 7) is 2.76. The number of benzene rings is 1. The van der Waals surface area contributed by atoms with Crippen LogP contribution in [0.5, 0.6) is 0 Å². The summed E-state index contributed by atoms with van der Waals surface area (Å²) < 4.78 is 29.3. The van der Waals surface area contributed by atoms with E-state index in [-0.39, 0.29) is 16.8 Å². The fraction of sp³-hybridized carbons (Fsp3) is 0.375. The minimum Gasteiger partial charge on any atom is -0.295 e. The Morgan fingerprint density at radius 1 is 1.29 bits per heavy atom. The average Bonchev–Trinajstić information content (AvgIpc) is 3.09. The number of sulfonamides is 1. The van der Waals surface area contributed by atoms with Crippen molar-refractivity contribution >= 4 is 21.7 Å². The van der Waals surface area contributed by atoms with E-state index in [0.29, 0.717) is 13.1 Å². The van der Waals surface area contributed by atoms with Crippen molar-refractivity contribution in [3.8, 4) is 11.1 Å². The molecule has 0 unspecified atom stereocenters. The third kappa shape index (κ3) is 2.61. The van der Waals surface area contributed by atoms with Crippen LogP contribution in [-0.4, -0.2) is 36.7 Å². The first kappa shape index (κ1) is 15.3. The lowest BCUT2D eigenvalue weighted by molar-refractivity contribution is -0.116. The summed E-state index contributed by atoms with van der Waals surface area (Å²) in [7, 11) is -3.51. The van der Waals surface area contributed by atoms with Crippen LogP contribution in [0.15, 0.2) is 35.4 Å². The molecule has 1 aliphatic carbocycles. The molecule has 2 aromatic rings. The predicted molar refractivity (Wildman–Crippen MR) is 89.0 cm³/mol. The zero-order valence-electron chi connectivity index (χ0n) is 13.3. The number of aromatic nitrogens is 2. The summed E-state index contributed by atoms with van der Waals surface area (Å²) in [6.07, 6.45) is 3.47. The van der Waals surface area contributed by atoms with Crippen LogP contribution < -0.4 is 9.62 Å². The third-order valence-corrected chi connectivity index (χ3v) is 5.86. The number of nitrogens with zero attached hydrogens (tertiary/aromatic N) is 3. The maximum absolute atomic E-state index is 12.4. The molecule has 1 fully saturated rings. The van der Waals surface area contributed by atoms with Crippen LogP contribution in [0.1, 0.15) is 19.8 Å². The second-order valence-corrected chi connectivity index (χ2v) is 7.91. The van der Waals surface area contributed by atoms with Crippen molar-refractivity contribution in [2.45, 2.75) is 37.2 Å². The van der Waals surface area contributed by atoms with Gasteiger partial charge in [0, 0.05) is 25.1 Å². The van der Waals surface area contributed by atoms with E-state index in [9.17, 15) is 13.2 Å². The van der Waals surface area contributed by atoms with Gasteiger partial charge in [0.25, 0.3) is 0 Å². The summed E-state index contributed by atoms with van der Waals surface area (Å²) in [4.78, 5) is 13.7. The van der Waals surface area contributed by atoms with Gasteiger partial charge in [0.05, 0.1) is 17.6 Å². The molecule has 1 N–H and O–H groups in total. The summed E-state index contributed by atoms with van der Waals surface area (Å²) in [5.41, 5.74) is 1.51. The Kier molecular flexibility index (Phi) is 3.47. The highest BCUT2D eigenvalue weighted by atomic mass is 32.2. The molecule has 4 rings (SSSR count). The molecule has 126 valence electrons. The normalized spacial score (nSPS) is 17.1. The van der Waals surface area contributed by atoms with E-state index >= 15 is 0 Å². The average molecular weight is 346 g/mol. The lowest BCUT2D eigenvalue weighted by Crippen LogP contribution is -2.26. The molecule has 0 saturated heterocycles. The van der Waals surface area contributed by atoms with E-state index in [2.05, 4.69) is 9.82 Å². The molecule has 1 aromatic heterocycles. The Morgan fingerprint density at radius 3 is 2.79 bits per heavy atom. The number of nitrogens with one attached hydrogen (secondary N) is 1. The third-order valence-electron chi connectivity index (χ3n) is 4.34. The Bertz CT molecular complexity index is 915. The zero-order valence-corrected chi connectivity index (χ0v) is 14.1. The molecule has 1 amide bonds. The maximum Gasteiger partial charge on any atom is 0.240 e. The van der Waals surface area contributed by atoms with Gasteiger partial charge >= 0.3 is 0 Å². The second-order valence-electron chi connectivity index (χ2n) is 6.20. The first-order valence-electron chi connectivity index (χ1n) is 7.92. The first-order valence-corrected chi connectivity index (χ1v) is 9.41. The molecule has 1 saturated carbocycles. The maximum atomic E-state index is 12.4. The largest absolute Gasteiger partial charge is 0.295 e. The van der Waals surface area contributed by atoms with E-state index in [4.69, 9.17) is 0 Å². The highest BCUT2D eigenvalue weighted by Gasteiger charge is 2.30. The summed E-state index contributed by atoms with van der Waals surface area (Å²) in [5, 5.41) is 4.31. The van der Waals surface area contributed by atoms with Gasteiger partial charge in [-0.3, -0.25) is 9.69 Å². The van der Waals surface area contributed by atoms with Crippen molar-refractivity contribution in [1.82, 2.24) is 14.5 Å².